The molecule has 0 fully saturated rings. The average molecular weight is 285 g/mol. The molecule has 0 aromatic heterocycles. The van der Waals surface area contributed by atoms with Crippen LogP contribution in [0.3, 0.4) is 0 Å². The van der Waals surface area contributed by atoms with E-state index in [2.05, 4.69) is 17.2 Å². The number of rotatable bonds is 3. The number of nitrogens with one attached hydrogen (secondary N) is 1. The topological polar surface area (TPSA) is 49.3 Å². The number of hydrogen-bond acceptors (Lipinski definition) is 2. The second kappa shape index (κ2) is 6.96. The third-order valence-electron chi connectivity index (χ3n) is 2.45. The van der Waals surface area contributed by atoms with Crippen molar-refractivity contribution in [3.8, 4) is 11.8 Å². The van der Waals surface area contributed by atoms with E-state index >= 15 is 0 Å². The molecule has 1 aromatic rings. The van der Waals surface area contributed by atoms with Crippen LogP contribution in [0.1, 0.15) is 24.0 Å². The molecule has 0 saturated heterocycles. The number of amides is 1. The molecule has 1 rings (SSSR count). The average Bonchev–Trinajstić information content (AvgIpc) is 2.35. The fourth-order valence-electron chi connectivity index (χ4n) is 1.50. The van der Waals surface area contributed by atoms with Crippen molar-refractivity contribution in [3.63, 3.8) is 0 Å². The zero-order chi connectivity index (χ0) is 15.2. The van der Waals surface area contributed by atoms with Crippen molar-refractivity contribution < 1.29 is 23.1 Å². The Balaban J connectivity index is 2.65. The molecule has 0 bridgehead atoms. The zero-order valence-electron chi connectivity index (χ0n) is 10.8. The van der Waals surface area contributed by atoms with Gasteiger partial charge in [-0.25, -0.2) is 0 Å². The van der Waals surface area contributed by atoms with Crippen molar-refractivity contribution >= 4 is 11.6 Å². The fraction of sp³-hybridized carbons (Fsp3) is 0.357. The van der Waals surface area contributed by atoms with Gasteiger partial charge in [-0.1, -0.05) is 11.8 Å². The van der Waals surface area contributed by atoms with Crippen LogP contribution in [-0.2, 0) is 4.79 Å². The molecular weight excluding hydrogens is 271 g/mol. The molecule has 0 heterocycles. The number of hydrogen-bond donors (Lipinski definition) is 2. The summed E-state index contributed by atoms with van der Waals surface area (Å²) in [6.07, 6.45) is -6.08. The quantitative estimate of drug-likeness (QED) is 0.839. The first-order chi connectivity index (χ1) is 9.31. The van der Waals surface area contributed by atoms with Crippen LogP contribution in [0.4, 0.5) is 18.9 Å². The van der Waals surface area contributed by atoms with Crippen LogP contribution in [0.25, 0.3) is 0 Å². The van der Waals surface area contributed by atoms with Crippen molar-refractivity contribution in [1.29, 1.82) is 0 Å². The second-order valence-electron chi connectivity index (χ2n) is 4.15. The molecule has 0 atom stereocenters. The van der Waals surface area contributed by atoms with Crippen LogP contribution in [-0.4, -0.2) is 23.8 Å². The normalized spacial score (nSPS) is 10.7. The maximum absolute atomic E-state index is 12.0. The molecule has 0 aliphatic carbocycles. The number of benzene rings is 1. The second-order valence-corrected chi connectivity index (χ2v) is 4.15. The van der Waals surface area contributed by atoms with E-state index in [4.69, 9.17) is 5.11 Å². The lowest BCUT2D eigenvalue weighted by Gasteiger charge is -2.08. The number of carbonyl (C=O) groups is 1. The third-order valence-corrected chi connectivity index (χ3v) is 2.45. The lowest BCUT2D eigenvalue weighted by molar-refractivity contribution is -0.142. The van der Waals surface area contributed by atoms with E-state index in [0.29, 0.717) is 11.3 Å². The fourth-order valence-corrected chi connectivity index (χ4v) is 1.50. The SMILES string of the molecule is Cc1cc(NC(=O)CCC(F)(F)F)ccc1C#CCO. The molecule has 0 radical (unpaired) electrons. The van der Waals surface area contributed by atoms with Crippen molar-refractivity contribution in [2.45, 2.75) is 25.9 Å². The molecule has 0 aliphatic heterocycles. The van der Waals surface area contributed by atoms with E-state index in [0.717, 1.165) is 5.56 Å². The van der Waals surface area contributed by atoms with Gasteiger partial charge >= 0.3 is 6.18 Å². The molecular formula is C14H14F3NO2. The standard InChI is InChI=1S/C14H14F3NO2/c1-10-9-12(5-4-11(10)3-2-8-19)18-13(20)6-7-14(15,16)17/h4-5,9,19H,6-8H2,1H3,(H,18,20). The van der Waals surface area contributed by atoms with E-state index in [-0.39, 0.29) is 6.61 Å². The monoisotopic (exact) mass is 285 g/mol. The van der Waals surface area contributed by atoms with E-state index in [1.165, 1.54) is 0 Å². The summed E-state index contributed by atoms with van der Waals surface area (Å²) in [5.74, 6) is 4.54. The summed E-state index contributed by atoms with van der Waals surface area (Å²) in [7, 11) is 0. The Kier molecular flexibility index (Phi) is 5.59. The molecule has 20 heavy (non-hydrogen) atoms. The maximum Gasteiger partial charge on any atom is 0.389 e. The number of halogens is 3. The molecule has 108 valence electrons. The Hall–Kier alpha value is -2.00. The predicted molar refractivity (Wildman–Crippen MR) is 69.1 cm³/mol. The summed E-state index contributed by atoms with van der Waals surface area (Å²) in [4.78, 5) is 11.4. The number of alkyl halides is 3. The third kappa shape index (κ3) is 5.76. The predicted octanol–water partition coefficient (Wildman–Crippen LogP) is 2.62. The van der Waals surface area contributed by atoms with Gasteiger partial charge in [0.15, 0.2) is 0 Å². The lowest BCUT2D eigenvalue weighted by atomic mass is 10.1. The Morgan fingerprint density at radius 3 is 2.65 bits per heavy atom. The zero-order valence-corrected chi connectivity index (χ0v) is 10.8. The maximum atomic E-state index is 12.0. The molecule has 6 heteroatoms. The van der Waals surface area contributed by atoms with Crippen LogP contribution in [0.5, 0.6) is 0 Å². The van der Waals surface area contributed by atoms with E-state index in [1.54, 1.807) is 25.1 Å². The molecule has 0 aliphatic rings. The van der Waals surface area contributed by atoms with Crippen molar-refractivity contribution in [3.05, 3.63) is 29.3 Å². The number of anilines is 1. The number of carbonyl (C=O) groups excluding carboxylic acids is 1. The molecule has 1 aromatic carbocycles. The van der Waals surface area contributed by atoms with E-state index in [1.807, 2.05) is 0 Å². The molecule has 0 unspecified atom stereocenters. The van der Waals surface area contributed by atoms with Crippen molar-refractivity contribution in [1.82, 2.24) is 0 Å². The van der Waals surface area contributed by atoms with Gasteiger partial charge < -0.3 is 10.4 Å². The minimum atomic E-state index is -4.34. The minimum absolute atomic E-state index is 0.255. The number of aryl methyl sites for hydroxylation is 1. The van der Waals surface area contributed by atoms with Crippen molar-refractivity contribution in [2.75, 3.05) is 11.9 Å². The molecule has 1 amide bonds. The highest BCUT2D eigenvalue weighted by molar-refractivity contribution is 5.90. The summed E-state index contributed by atoms with van der Waals surface area (Å²) in [6, 6.07) is 4.81. The van der Waals surface area contributed by atoms with Gasteiger partial charge in [0, 0.05) is 17.7 Å². The van der Waals surface area contributed by atoms with Gasteiger partial charge in [0.1, 0.15) is 6.61 Å². The lowest BCUT2D eigenvalue weighted by Crippen LogP contribution is -2.16. The van der Waals surface area contributed by atoms with Gasteiger partial charge in [0.25, 0.3) is 0 Å². The van der Waals surface area contributed by atoms with Crippen LogP contribution >= 0.6 is 0 Å². The summed E-state index contributed by atoms with van der Waals surface area (Å²) >= 11 is 0. The molecule has 2 N–H and O–H groups in total. The molecule has 0 spiro atoms. The van der Waals surface area contributed by atoms with Gasteiger partial charge in [-0.05, 0) is 30.7 Å². The molecule has 0 saturated carbocycles. The molecule has 3 nitrogen and oxygen atoms in total. The van der Waals surface area contributed by atoms with Gasteiger partial charge in [0.05, 0.1) is 6.42 Å². The van der Waals surface area contributed by atoms with Gasteiger partial charge in [-0.2, -0.15) is 13.2 Å². The minimum Gasteiger partial charge on any atom is -0.384 e. The van der Waals surface area contributed by atoms with Gasteiger partial charge in [0.2, 0.25) is 5.91 Å². The van der Waals surface area contributed by atoms with E-state index < -0.39 is 24.9 Å². The highest BCUT2D eigenvalue weighted by atomic mass is 19.4. The first-order valence-corrected chi connectivity index (χ1v) is 5.89. The van der Waals surface area contributed by atoms with Crippen LogP contribution in [0, 0.1) is 18.8 Å². The van der Waals surface area contributed by atoms with Gasteiger partial charge in [-0.15, -0.1) is 0 Å². The van der Waals surface area contributed by atoms with Crippen LogP contribution < -0.4 is 5.32 Å². The largest absolute Gasteiger partial charge is 0.389 e. The van der Waals surface area contributed by atoms with E-state index in [9.17, 15) is 18.0 Å². The summed E-state index contributed by atoms with van der Waals surface area (Å²) < 4.78 is 35.9. The van der Waals surface area contributed by atoms with Crippen LogP contribution in [0.15, 0.2) is 18.2 Å². The summed E-state index contributed by atoms with van der Waals surface area (Å²) in [5, 5.41) is 11.0. The first kappa shape index (κ1) is 16.1. The first-order valence-electron chi connectivity index (χ1n) is 5.89. The Morgan fingerprint density at radius 2 is 2.10 bits per heavy atom. The summed E-state index contributed by atoms with van der Waals surface area (Å²) in [5.41, 5.74) is 1.87. The highest BCUT2D eigenvalue weighted by Gasteiger charge is 2.27. The van der Waals surface area contributed by atoms with Crippen molar-refractivity contribution in [2.24, 2.45) is 0 Å². The summed E-state index contributed by atoms with van der Waals surface area (Å²) in [6.45, 7) is 1.50. The Labute approximate surface area is 114 Å². The highest BCUT2D eigenvalue weighted by Crippen LogP contribution is 2.22. The number of aliphatic hydroxyl groups is 1. The Morgan fingerprint density at radius 1 is 1.40 bits per heavy atom. The van der Waals surface area contributed by atoms with Crippen LogP contribution in [0.2, 0.25) is 0 Å². The Bertz CT molecular complexity index is 542. The van der Waals surface area contributed by atoms with Gasteiger partial charge in [-0.3, -0.25) is 4.79 Å². The number of aliphatic hydroxyl groups excluding tert-OH is 1. The smallest absolute Gasteiger partial charge is 0.384 e.